The number of nitrogens with zero attached hydrogens (tertiary/aromatic N) is 2. The van der Waals surface area contributed by atoms with Crippen LogP contribution in [0.3, 0.4) is 0 Å². The molecule has 6 nitrogen and oxygen atoms in total. The molecule has 1 aromatic heterocycles. The molecule has 2 heterocycles. The molecule has 0 radical (unpaired) electrons. The lowest BCUT2D eigenvalue weighted by Crippen LogP contribution is -2.52. The number of carbonyl (C=O) groups is 1. The fraction of sp³-hybridized carbons (Fsp3) is 0.522. The van der Waals surface area contributed by atoms with E-state index in [9.17, 15) is 4.79 Å². The van der Waals surface area contributed by atoms with Crippen LogP contribution in [0.15, 0.2) is 47.1 Å². The molecule has 2 amide bonds. The van der Waals surface area contributed by atoms with Crippen molar-refractivity contribution in [3.63, 3.8) is 0 Å². The number of hydrogen-bond donors (Lipinski definition) is 1. The predicted octanol–water partition coefficient (Wildman–Crippen LogP) is 3.92. The molecule has 6 heteroatoms. The van der Waals surface area contributed by atoms with Crippen LogP contribution in [0.5, 0.6) is 5.75 Å². The van der Waals surface area contributed by atoms with Crippen molar-refractivity contribution in [1.29, 1.82) is 0 Å². The fourth-order valence-electron chi connectivity index (χ4n) is 3.50. The second-order valence-corrected chi connectivity index (χ2v) is 8.04. The van der Waals surface area contributed by atoms with Crippen LogP contribution in [0, 0.1) is 0 Å². The van der Waals surface area contributed by atoms with Crippen molar-refractivity contribution in [1.82, 2.24) is 15.1 Å². The van der Waals surface area contributed by atoms with Gasteiger partial charge >= 0.3 is 6.03 Å². The molecule has 1 saturated heterocycles. The number of carbonyl (C=O) groups excluding carboxylic acids is 1. The van der Waals surface area contributed by atoms with Crippen molar-refractivity contribution in [3.8, 4) is 5.75 Å². The third-order valence-corrected chi connectivity index (χ3v) is 5.15. The Morgan fingerprint density at radius 3 is 2.45 bits per heavy atom. The normalized spacial score (nSPS) is 16.1. The van der Waals surface area contributed by atoms with Gasteiger partial charge in [-0.2, -0.15) is 0 Å². The summed E-state index contributed by atoms with van der Waals surface area (Å²) in [4.78, 5) is 16.8. The molecule has 1 atom stereocenters. The Hall–Kier alpha value is -2.47. The van der Waals surface area contributed by atoms with Crippen molar-refractivity contribution in [2.45, 2.75) is 52.3 Å². The highest BCUT2D eigenvalue weighted by molar-refractivity contribution is 5.74. The summed E-state index contributed by atoms with van der Waals surface area (Å²) in [6.07, 6.45) is 3.73. The molecule has 1 unspecified atom stereocenters. The summed E-state index contributed by atoms with van der Waals surface area (Å²) >= 11 is 0. The molecule has 1 fully saturated rings. The summed E-state index contributed by atoms with van der Waals surface area (Å²) in [5, 5.41) is 3.14. The number of ether oxygens (including phenoxy) is 1. The monoisotopic (exact) mass is 399 g/mol. The second-order valence-electron chi connectivity index (χ2n) is 8.04. The number of urea groups is 1. The third kappa shape index (κ3) is 6.82. The number of aryl methyl sites for hydroxylation is 1. The summed E-state index contributed by atoms with van der Waals surface area (Å²) in [7, 11) is 0. The maximum atomic E-state index is 12.6. The van der Waals surface area contributed by atoms with Crippen molar-refractivity contribution < 1.29 is 13.9 Å². The number of amides is 2. The van der Waals surface area contributed by atoms with E-state index in [4.69, 9.17) is 9.15 Å². The molecule has 1 N–H and O–H groups in total. The van der Waals surface area contributed by atoms with E-state index in [-0.39, 0.29) is 18.2 Å². The lowest BCUT2D eigenvalue weighted by Gasteiger charge is -2.34. The Bertz CT molecular complexity index is 735. The number of piperazine rings is 1. The molecule has 0 spiro atoms. The molecule has 29 heavy (non-hydrogen) atoms. The second kappa shape index (κ2) is 10.3. The van der Waals surface area contributed by atoms with Gasteiger partial charge in [0.2, 0.25) is 0 Å². The lowest BCUT2D eigenvalue weighted by molar-refractivity contribution is 0.128. The maximum absolute atomic E-state index is 12.6. The molecule has 0 aliphatic carbocycles. The first-order valence-electron chi connectivity index (χ1n) is 10.6. The minimum Gasteiger partial charge on any atom is -0.491 e. The number of hydrogen-bond acceptors (Lipinski definition) is 4. The Balaban J connectivity index is 1.36. The smallest absolute Gasteiger partial charge is 0.317 e. The van der Waals surface area contributed by atoms with Crippen LogP contribution in [0.25, 0.3) is 0 Å². The topological polar surface area (TPSA) is 58.0 Å². The first kappa shape index (κ1) is 21.2. The minimum absolute atomic E-state index is 0.0378. The number of rotatable bonds is 8. The average Bonchev–Trinajstić information content (AvgIpc) is 3.20. The number of benzene rings is 1. The highest BCUT2D eigenvalue weighted by atomic mass is 16.5. The quantitative estimate of drug-likeness (QED) is 0.731. The van der Waals surface area contributed by atoms with Gasteiger partial charge in [0.15, 0.2) is 0 Å². The average molecular weight is 400 g/mol. The Morgan fingerprint density at radius 1 is 1.10 bits per heavy atom. The zero-order valence-corrected chi connectivity index (χ0v) is 17.8. The van der Waals surface area contributed by atoms with Crippen LogP contribution >= 0.6 is 0 Å². The van der Waals surface area contributed by atoms with Gasteiger partial charge in [0.1, 0.15) is 11.5 Å². The molecule has 158 valence electrons. The first-order valence-corrected chi connectivity index (χ1v) is 10.6. The van der Waals surface area contributed by atoms with Crippen molar-refractivity contribution in [2.75, 3.05) is 26.2 Å². The molecular formula is C23H33N3O3. The van der Waals surface area contributed by atoms with Crippen LogP contribution in [0.1, 0.15) is 38.5 Å². The van der Waals surface area contributed by atoms with Crippen LogP contribution < -0.4 is 10.1 Å². The zero-order chi connectivity index (χ0) is 20.6. The van der Waals surface area contributed by atoms with E-state index in [1.807, 2.05) is 43.0 Å². The minimum atomic E-state index is 0.0378. The van der Waals surface area contributed by atoms with Gasteiger partial charge < -0.3 is 19.4 Å². The van der Waals surface area contributed by atoms with E-state index >= 15 is 0 Å². The van der Waals surface area contributed by atoms with Gasteiger partial charge in [0.25, 0.3) is 0 Å². The van der Waals surface area contributed by atoms with E-state index < -0.39 is 0 Å². The molecular weight excluding hydrogens is 366 g/mol. The predicted molar refractivity (Wildman–Crippen MR) is 114 cm³/mol. The SMILES string of the molecule is CC(CCc1ccc(OC(C)C)cc1)NC(=O)N1CCN(Cc2ccco2)CC1. The van der Waals surface area contributed by atoms with E-state index in [0.29, 0.717) is 0 Å². The maximum Gasteiger partial charge on any atom is 0.317 e. The highest BCUT2D eigenvalue weighted by Gasteiger charge is 2.22. The molecule has 1 aliphatic heterocycles. The van der Waals surface area contributed by atoms with Gasteiger partial charge in [-0.15, -0.1) is 0 Å². The third-order valence-electron chi connectivity index (χ3n) is 5.15. The largest absolute Gasteiger partial charge is 0.491 e. The zero-order valence-electron chi connectivity index (χ0n) is 17.8. The Morgan fingerprint density at radius 2 is 1.83 bits per heavy atom. The molecule has 3 rings (SSSR count). The standard InChI is InChI=1S/C23H33N3O3/c1-18(2)29-21-10-8-20(9-11-21)7-6-19(3)24-23(27)26-14-12-25(13-15-26)17-22-5-4-16-28-22/h4-5,8-11,16,18-19H,6-7,12-15,17H2,1-3H3,(H,24,27). The van der Waals surface area contributed by atoms with Gasteiger partial charge in [-0.1, -0.05) is 12.1 Å². The highest BCUT2D eigenvalue weighted by Crippen LogP contribution is 2.15. The summed E-state index contributed by atoms with van der Waals surface area (Å²) in [5.41, 5.74) is 1.26. The first-order chi connectivity index (χ1) is 14.0. The van der Waals surface area contributed by atoms with Crippen LogP contribution in [0.4, 0.5) is 4.79 Å². The molecule has 1 aromatic carbocycles. The van der Waals surface area contributed by atoms with E-state index in [1.165, 1.54) is 5.56 Å². The van der Waals surface area contributed by atoms with Crippen LogP contribution in [-0.4, -0.2) is 54.2 Å². The molecule has 0 saturated carbocycles. The summed E-state index contributed by atoms with van der Waals surface area (Å²) in [6.45, 7) is 10.2. The van der Waals surface area contributed by atoms with Gasteiger partial charge in [-0.05, 0) is 63.4 Å². The van der Waals surface area contributed by atoms with Gasteiger partial charge in [-0.25, -0.2) is 4.79 Å². The lowest BCUT2D eigenvalue weighted by atomic mass is 10.1. The fourth-order valence-corrected chi connectivity index (χ4v) is 3.50. The molecule has 0 bridgehead atoms. The van der Waals surface area contributed by atoms with Crippen LogP contribution in [0.2, 0.25) is 0 Å². The van der Waals surface area contributed by atoms with Crippen molar-refractivity contribution in [2.24, 2.45) is 0 Å². The number of furan rings is 1. The van der Waals surface area contributed by atoms with E-state index in [0.717, 1.165) is 57.1 Å². The molecule has 1 aliphatic rings. The van der Waals surface area contributed by atoms with Gasteiger partial charge in [0, 0.05) is 32.2 Å². The van der Waals surface area contributed by atoms with Gasteiger partial charge in [0.05, 0.1) is 18.9 Å². The van der Waals surface area contributed by atoms with Gasteiger partial charge in [-0.3, -0.25) is 4.90 Å². The van der Waals surface area contributed by atoms with E-state index in [2.05, 4.69) is 29.3 Å². The Kier molecular flexibility index (Phi) is 7.58. The van der Waals surface area contributed by atoms with Crippen LogP contribution in [-0.2, 0) is 13.0 Å². The Labute approximate surface area is 173 Å². The summed E-state index contributed by atoms with van der Waals surface area (Å²) < 4.78 is 11.1. The summed E-state index contributed by atoms with van der Waals surface area (Å²) in [5.74, 6) is 1.87. The molecule has 2 aromatic rings. The van der Waals surface area contributed by atoms with Crippen molar-refractivity contribution >= 4 is 6.03 Å². The van der Waals surface area contributed by atoms with Crippen molar-refractivity contribution in [3.05, 3.63) is 54.0 Å². The van der Waals surface area contributed by atoms with E-state index in [1.54, 1.807) is 6.26 Å². The summed E-state index contributed by atoms with van der Waals surface area (Å²) in [6, 6.07) is 12.3. The number of nitrogens with one attached hydrogen (secondary N) is 1.